The van der Waals surface area contributed by atoms with Crippen molar-refractivity contribution in [3.63, 3.8) is 0 Å². The summed E-state index contributed by atoms with van der Waals surface area (Å²) in [5.41, 5.74) is 7.05. The molecular formula is C23H25FN2. The van der Waals surface area contributed by atoms with Crippen LogP contribution in [-0.4, -0.2) is 23.1 Å². The van der Waals surface area contributed by atoms with Crippen molar-refractivity contribution in [1.82, 2.24) is 9.47 Å². The minimum Gasteiger partial charge on any atom is -0.342 e. The van der Waals surface area contributed by atoms with Crippen molar-refractivity contribution >= 4 is 10.9 Å². The van der Waals surface area contributed by atoms with Gasteiger partial charge in [0.05, 0.1) is 6.04 Å². The number of fused-ring (bicyclic) bond motifs is 3. The number of aryl methyl sites for hydroxylation is 3. The molecule has 0 amide bonds. The summed E-state index contributed by atoms with van der Waals surface area (Å²) >= 11 is 0. The van der Waals surface area contributed by atoms with Gasteiger partial charge < -0.3 is 4.57 Å². The lowest BCUT2D eigenvalue weighted by Gasteiger charge is -2.44. The number of halogens is 1. The second kappa shape index (κ2) is 5.95. The second-order valence-corrected chi connectivity index (χ2v) is 8.08. The molecule has 2 atom stereocenters. The van der Waals surface area contributed by atoms with Crippen molar-refractivity contribution in [2.45, 2.75) is 44.7 Å². The third-order valence-electron chi connectivity index (χ3n) is 6.39. The first-order chi connectivity index (χ1) is 12.6. The number of benzene rings is 2. The zero-order chi connectivity index (χ0) is 17.8. The molecule has 134 valence electrons. The Morgan fingerprint density at radius 3 is 2.65 bits per heavy atom. The van der Waals surface area contributed by atoms with E-state index in [4.69, 9.17) is 0 Å². The van der Waals surface area contributed by atoms with Crippen LogP contribution in [0.15, 0.2) is 42.5 Å². The van der Waals surface area contributed by atoms with Gasteiger partial charge in [-0.25, -0.2) is 4.39 Å². The molecule has 2 aliphatic heterocycles. The molecule has 3 heteroatoms. The average Bonchev–Trinajstić information content (AvgIpc) is 2.97. The highest BCUT2D eigenvalue weighted by Crippen LogP contribution is 2.50. The van der Waals surface area contributed by atoms with Gasteiger partial charge in [-0.15, -0.1) is 0 Å². The van der Waals surface area contributed by atoms with E-state index in [1.165, 1.54) is 47.1 Å². The van der Waals surface area contributed by atoms with Crippen molar-refractivity contribution in [1.29, 1.82) is 0 Å². The molecule has 2 unspecified atom stereocenters. The third kappa shape index (κ3) is 2.41. The van der Waals surface area contributed by atoms with Crippen molar-refractivity contribution in [3.05, 3.63) is 70.7 Å². The van der Waals surface area contributed by atoms with Gasteiger partial charge in [0, 0.05) is 29.7 Å². The fraction of sp³-hybridized carbons (Fsp3) is 0.391. The lowest BCUT2D eigenvalue weighted by Crippen LogP contribution is -2.40. The molecule has 3 heterocycles. The minimum absolute atomic E-state index is 0.160. The Balaban J connectivity index is 1.61. The van der Waals surface area contributed by atoms with E-state index in [0.29, 0.717) is 12.0 Å². The van der Waals surface area contributed by atoms with Gasteiger partial charge in [0.25, 0.3) is 0 Å². The fourth-order valence-electron chi connectivity index (χ4n) is 5.16. The number of piperidine rings is 1. The van der Waals surface area contributed by atoms with E-state index in [1.54, 1.807) is 17.7 Å². The number of nitrogens with zero attached hydrogens (tertiary/aromatic N) is 2. The summed E-state index contributed by atoms with van der Waals surface area (Å²) in [6, 6.07) is 14.4. The predicted octanol–water partition coefficient (Wildman–Crippen LogP) is 5.20. The highest BCUT2D eigenvalue weighted by atomic mass is 19.1. The lowest BCUT2D eigenvalue weighted by atomic mass is 9.77. The molecule has 0 saturated carbocycles. The van der Waals surface area contributed by atoms with Gasteiger partial charge in [0.1, 0.15) is 5.82 Å². The van der Waals surface area contributed by atoms with Crippen LogP contribution >= 0.6 is 0 Å². The predicted molar refractivity (Wildman–Crippen MR) is 104 cm³/mol. The molecule has 3 aromatic rings. The van der Waals surface area contributed by atoms with Gasteiger partial charge >= 0.3 is 0 Å². The number of hydrogen-bond donors (Lipinski definition) is 0. The van der Waals surface area contributed by atoms with Crippen LogP contribution in [0, 0.1) is 12.7 Å². The van der Waals surface area contributed by atoms with Gasteiger partial charge in [-0.2, -0.15) is 0 Å². The summed E-state index contributed by atoms with van der Waals surface area (Å²) in [6.45, 7) is 4.33. The van der Waals surface area contributed by atoms with Crippen LogP contribution in [0.2, 0.25) is 0 Å². The largest absolute Gasteiger partial charge is 0.342 e. The third-order valence-corrected chi connectivity index (χ3v) is 6.39. The SMILES string of the molecule is Cc1ccc2c(c1)c1c(n2CCc2ccc(F)cc2)C2CCC1CN2C. The van der Waals surface area contributed by atoms with Gasteiger partial charge in [-0.1, -0.05) is 23.8 Å². The summed E-state index contributed by atoms with van der Waals surface area (Å²) < 4.78 is 15.8. The smallest absolute Gasteiger partial charge is 0.123 e. The number of rotatable bonds is 3. The van der Waals surface area contributed by atoms with E-state index >= 15 is 0 Å². The number of aromatic nitrogens is 1. The van der Waals surface area contributed by atoms with E-state index in [0.717, 1.165) is 13.0 Å². The van der Waals surface area contributed by atoms with Gasteiger partial charge in [0.15, 0.2) is 0 Å². The quantitative estimate of drug-likeness (QED) is 0.632. The summed E-state index contributed by atoms with van der Waals surface area (Å²) in [5, 5.41) is 1.46. The maximum atomic E-state index is 13.2. The molecule has 1 saturated heterocycles. The minimum atomic E-state index is -0.160. The maximum absolute atomic E-state index is 13.2. The van der Waals surface area contributed by atoms with E-state index < -0.39 is 0 Å². The van der Waals surface area contributed by atoms with Crippen LogP contribution in [0.5, 0.6) is 0 Å². The Hall–Kier alpha value is -2.13. The van der Waals surface area contributed by atoms with Crippen molar-refractivity contribution < 1.29 is 4.39 Å². The molecule has 6 rings (SSSR count). The van der Waals surface area contributed by atoms with E-state index in [1.807, 2.05) is 12.1 Å². The molecule has 2 bridgehead atoms. The van der Waals surface area contributed by atoms with Crippen LogP contribution in [0.4, 0.5) is 4.39 Å². The topological polar surface area (TPSA) is 8.17 Å². The molecule has 0 N–H and O–H groups in total. The molecule has 0 spiro atoms. The number of hydrogen-bond acceptors (Lipinski definition) is 1. The van der Waals surface area contributed by atoms with Crippen molar-refractivity contribution in [2.75, 3.05) is 13.6 Å². The van der Waals surface area contributed by atoms with Crippen molar-refractivity contribution in [3.8, 4) is 0 Å². The first-order valence-corrected chi connectivity index (χ1v) is 9.69. The van der Waals surface area contributed by atoms with E-state index in [-0.39, 0.29) is 5.82 Å². The van der Waals surface area contributed by atoms with Crippen LogP contribution in [0.1, 0.15) is 47.2 Å². The highest BCUT2D eigenvalue weighted by molar-refractivity contribution is 5.87. The lowest BCUT2D eigenvalue weighted by molar-refractivity contribution is 0.139. The summed E-state index contributed by atoms with van der Waals surface area (Å²) in [7, 11) is 2.27. The Kier molecular flexibility index (Phi) is 3.68. The van der Waals surface area contributed by atoms with Crippen LogP contribution in [0.25, 0.3) is 10.9 Å². The molecule has 1 fully saturated rings. The first kappa shape index (κ1) is 16.1. The van der Waals surface area contributed by atoms with E-state index in [9.17, 15) is 4.39 Å². The standard InChI is InChI=1S/C23H25FN2/c1-15-3-9-20-19(13-15)22-17-6-10-21(25(2)14-17)23(22)26(20)12-11-16-4-7-18(24)8-5-16/h3-5,7-9,13,17,21H,6,10-12,14H2,1-2H3. The van der Waals surface area contributed by atoms with Crippen LogP contribution in [-0.2, 0) is 13.0 Å². The monoisotopic (exact) mass is 348 g/mol. The van der Waals surface area contributed by atoms with Crippen LogP contribution in [0.3, 0.4) is 0 Å². The summed E-state index contributed by atoms with van der Waals surface area (Å²) in [4.78, 5) is 2.54. The van der Waals surface area contributed by atoms with Crippen LogP contribution < -0.4 is 0 Å². The number of likely N-dealkylation sites (N-methyl/N-ethyl adjacent to an activating group) is 1. The molecule has 1 aliphatic carbocycles. The highest BCUT2D eigenvalue weighted by Gasteiger charge is 2.40. The molecule has 26 heavy (non-hydrogen) atoms. The Morgan fingerprint density at radius 2 is 1.88 bits per heavy atom. The van der Waals surface area contributed by atoms with E-state index in [2.05, 4.69) is 41.6 Å². The summed E-state index contributed by atoms with van der Waals surface area (Å²) in [6.07, 6.45) is 3.51. The molecule has 1 aromatic heterocycles. The molecule has 3 aliphatic rings. The van der Waals surface area contributed by atoms with Gasteiger partial charge in [-0.3, -0.25) is 4.90 Å². The second-order valence-electron chi connectivity index (χ2n) is 8.08. The normalized spacial score (nSPS) is 22.1. The fourth-order valence-corrected chi connectivity index (χ4v) is 5.16. The zero-order valence-corrected chi connectivity index (χ0v) is 15.5. The Morgan fingerprint density at radius 1 is 1.08 bits per heavy atom. The van der Waals surface area contributed by atoms with Gasteiger partial charge in [-0.05, 0) is 74.5 Å². The Labute approximate surface area is 154 Å². The summed E-state index contributed by atoms with van der Waals surface area (Å²) in [5.74, 6) is 0.503. The zero-order valence-electron chi connectivity index (χ0n) is 15.5. The van der Waals surface area contributed by atoms with Gasteiger partial charge in [0.2, 0.25) is 0 Å². The first-order valence-electron chi connectivity index (χ1n) is 9.69. The molecule has 2 nitrogen and oxygen atoms in total. The molecule has 2 aromatic carbocycles. The maximum Gasteiger partial charge on any atom is 0.123 e. The average molecular weight is 348 g/mol. The van der Waals surface area contributed by atoms with Crippen molar-refractivity contribution in [2.24, 2.45) is 0 Å². The molecular weight excluding hydrogens is 323 g/mol. The molecule has 0 radical (unpaired) electrons. The Bertz CT molecular complexity index is 970.